The predicted molar refractivity (Wildman–Crippen MR) is 115 cm³/mol. The molecule has 2 aliphatic rings. The van der Waals surface area contributed by atoms with E-state index < -0.39 is 0 Å². The molecule has 2 heterocycles. The molecule has 0 saturated carbocycles. The van der Waals surface area contributed by atoms with Crippen molar-refractivity contribution in [2.24, 2.45) is 0 Å². The molecule has 2 amide bonds. The fraction of sp³-hybridized carbons (Fsp3) is 0.364. The van der Waals surface area contributed by atoms with E-state index in [0.717, 1.165) is 25.4 Å². The Labute approximate surface area is 185 Å². The zero-order valence-electron chi connectivity index (χ0n) is 17.0. The van der Waals surface area contributed by atoms with Crippen molar-refractivity contribution in [2.45, 2.75) is 0 Å². The van der Waals surface area contributed by atoms with Crippen molar-refractivity contribution in [1.29, 1.82) is 0 Å². The molecule has 2 aromatic rings. The van der Waals surface area contributed by atoms with Crippen molar-refractivity contribution in [1.82, 2.24) is 15.1 Å². The Morgan fingerprint density at radius 1 is 1.00 bits per heavy atom. The van der Waals surface area contributed by atoms with Gasteiger partial charge in [-0.15, -0.1) is 0 Å². The Hall–Kier alpha value is -2.97. The summed E-state index contributed by atoms with van der Waals surface area (Å²) in [6, 6.07) is 12.2. The van der Waals surface area contributed by atoms with Crippen molar-refractivity contribution >= 4 is 23.4 Å². The second-order valence-corrected chi connectivity index (χ2v) is 7.71. The van der Waals surface area contributed by atoms with Gasteiger partial charge in [0, 0.05) is 43.3 Å². The van der Waals surface area contributed by atoms with Gasteiger partial charge in [0.2, 0.25) is 12.7 Å². The fourth-order valence-corrected chi connectivity index (χ4v) is 3.58. The summed E-state index contributed by atoms with van der Waals surface area (Å²) in [5, 5.41) is 3.37. The summed E-state index contributed by atoms with van der Waals surface area (Å²) in [6.45, 7) is 4.26. The number of hydrogen-bond acceptors (Lipinski definition) is 6. The van der Waals surface area contributed by atoms with Gasteiger partial charge in [0.25, 0.3) is 5.91 Å². The summed E-state index contributed by atoms with van der Waals surface area (Å²) in [6.07, 6.45) is 0. The molecule has 1 fully saturated rings. The van der Waals surface area contributed by atoms with E-state index in [1.165, 1.54) is 0 Å². The van der Waals surface area contributed by atoms with Gasteiger partial charge in [0.05, 0.1) is 6.54 Å². The predicted octanol–water partition coefficient (Wildman–Crippen LogP) is 2.02. The topological polar surface area (TPSA) is 80.3 Å². The molecule has 0 spiro atoms. The fourth-order valence-electron chi connectivity index (χ4n) is 3.45. The number of carbonyl (C=O) groups excluding carboxylic acids is 2. The van der Waals surface area contributed by atoms with Gasteiger partial charge in [-0.1, -0.05) is 11.6 Å². The highest BCUT2D eigenvalue weighted by atomic mass is 35.5. The van der Waals surface area contributed by atoms with E-state index in [4.69, 9.17) is 25.8 Å². The summed E-state index contributed by atoms with van der Waals surface area (Å²) in [7, 11) is 0. The van der Waals surface area contributed by atoms with E-state index in [1.807, 2.05) is 12.1 Å². The standard InChI is InChI=1S/C22H24ClN3O5/c23-17-2-4-18(5-3-17)29-12-11-25-7-9-26(10-8-25)21(27)14-24-22(28)16-1-6-19-20(13-16)31-15-30-19/h1-6,13H,7-12,14-15H2,(H,24,28). The maximum atomic E-state index is 12.5. The summed E-state index contributed by atoms with van der Waals surface area (Å²) < 4.78 is 16.2. The number of ether oxygens (including phenoxy) is 3. The molecule has 164 valence electrons. The van der Waals surface area contributed by atoms with Gasteiger partial charge in [0.15, 0.2) is 11.5 Å². The summed E-state index contributed by atoms with van der Waals surface area (Å²) >= 11 is 5.87. The molecule has 9 heteroatoms. The maximum Gasteiger partial charge on any atom is 0.251 e. The number of carbonyl (C=O) groups is 2. The van der Waals surface area contributed by atoms with Crippen LogP contribution in [-0.4, -0.2) is 74.3 Å². The van der Waals surface area contributed by atoms with Gasteiger partial charge in [-0.3, -0.25) is 14.5 Å². The van der Waals surface area contributed by atoms with Crippen molar-refractivity contribution in [3.63, 3.8) is 0 Å². The van der Waals surface area contributed by atoms with Crippen LogP contribution in [0.4, 0.5) is 0 Å². The third kappa shape index (κ3) is 5.59. The molecule has 31 heavy (non-hydrogen) atoms. The van der Waals surface area contributed by atoms with Crippen LogP contribution in [0, 0.1) is 0 Å². The molecule has 0 atom stereocenters. The van der Waals surface area contributed by atoms with E-state index >= 15 is 0 Å². The molecular weight excluding hydrogens is 422 g/mol. The average Bonchev–Trinajstić information content (AvgIpc) is 3.27. The lowest BCUT2D eigenvalue weighted by molar-refractivity contribution is -0.131. The highest BCUT2D eigenvalue weighted by molar-refractivity contribution is 6.30. The quantitative estimate of drug-likeness (QED) is 0.702. The third-order valence-electron chi connectivity index (χ3n) is 5.25. The molecule has 8 nitrogen and oxygen atoms in total. The van der Waals surface area contributed by atoms with Crippen LogP contribution in [0.2, 0.25) is 5.02 Å². The molecule has 2 aliphatic heterocycles. The van der Waals surface area contributed by atoms with Gasteiger partial charge < -0.3 is 24.4 Å². The maximum absolute atomic E-state index is 12.5. The van der Waals surface area contributed by atoms with Gasteiger partial charge in [-0.2, -0.15) is 0 Å². The molecule has 0 radical (unpaired) electrons. The number of rotatable bonds is 7. The average molecular weight is 446 g/mol. The van der Waals surface area contributed by atoms with Crippen LogP contribution < -0.4 is 19.5 Å². The van der Waals surface area contributed by atoms with Crippen LogP contribution in [0.5, 0.6) is 17.2 Å². The summed E-state index contributed by atoms with van der Waals surface area (Å²) in [5.74, 6) is 1.53. The van der Waals surface area contributed by atoms with Crippen LogP contribution >= 0.6 is 11.6 Å². The van der Waals surface area contributed by atoms with Crippen LogP contribution in [0.25, 0.3) is 0 Å². The van der Waals surface area contributed by atoms with Crippen molar-refractivity contribution in [3.8, 4) is 17.2 Å². The molecule has 1 N–H and O–H groups in total. The van der Waals surface area contributed by atoms with Crippen molar-refractivity contribution < 1.29 is 23.8 Å². The highest BCUT2D eigenvalue weighted by Crippen LogP contribution is 2.32. The van der Waals surface area contributed by atoms with E-state index in [0.29, 0.717) is 41.8 Å². The monoisotopic (exact) mass is 445 g/mol. The van der Waals surface area contributed by atoms with Gasteiger partial charge >= 0.3 is 0 Å². The number of amides is 2. The molecule has 4 rings (SSSR count). The number of nitrogens with zero attached hydrogens (tertiary/aromatic N) is 2. The third-order valence-corrected chi connectivity index (χ3v) is 5.50. The minimum atomic E-state index is -0.315. The normalized spacial score (nSPS) is 15.6. The zero-order valence-corrected chi connectivity index (χ0v) is 17.8. The van der Waals surface area contributed by atoms with Crippen LogP contribution in [0.3, 0.4) is 0 Å². The van der Waals surface area contributed by atoms with Crippen LogP contribution in [0.15, 0.2) is 42.5 Å². The number of halogens is 1. The summed E-state index contributed by atoms with van der Waals surface area (Å²) in [5.41, 5.74) is 0.433. The molecule has 2 aromatic carbocycles. The molecule has 0 aliphatic carbocycles. The minimum Gasteiger partial charge on any atom is -0.492 e. The molecule has 0 unspecified atom stereocenters. The van der Waals surface area contributed by atoms with E-state index in [9.17, 15) is 9.59 Å². The molecule has 0 bridgehead atoms. The first-order chi connectivity index (χ1) is 15.1. The second-order valence-electron chi connectivity index (χ2n) is 7.28. The highest BCUT2D eigenvalue weighted by Gasteiger charge is 2.22. The number of benzene rings is 2. The Bertz CT molecular complexity index is 929. The molecule has 1 saturated heterocycles. The Balaban J connectivity index is 1.15. The first-order valence-corrected chi connectivity index (χ1v) is 10.5. The Morgan fingerprint density at radius 2 is 1.74 bits per heavy atom. The Morgan fingerprint density at radius 3 is 2.52 bits per heavy atom. The number of piperazine rings is 1. The van der Waals surface area contributed by atoms with Crippen LogP contribution in [0.1, 0.15) is 10.4 Å². The molecular formula is C22H24ClN3O5. The SMILES string of the molecule is O=C(NCC(=O)N1CCN(CCOc2ccc(Cl)cc2)CC1)c1ccc2c(c1)OCO2. The lowest BCUT2D eigenvalue weighted by atomic mass is 10.2. The van der Waals surface area contributed by atoms with Gasteiger partial charge in [-0.05, 0) is 42.5 Å². The lowest BCUT2D eigenvalue weighted by Crippen LogP contribution is -2.51. The van der Waals surface area contributed by atoms with Gasteiger partial charge in [-0.25, -0.2) is 0 Å². The second kappa shape index (κ2) is 9.89. The zero-order chi connectivity index (χ0) is 21.6. The molecule has 0 aromatic heterocycles. The minimum absolute atomic E-state index is 0.0348. The van der Waals surface area contributed by atoms with Crippen molar-refractivity contribution in [2.75, 3.05) is 52.7 Å². The lowest BCUT2D eigenvalue weighted by Gasteiger charge is -2.34. The van der Waals surface area contributed by atoms with Gasteiger partial charge in [0.1, 0.15) is 12.4 Å². The van der Waals surface area contributed by atoms with E-state index in [1.54, 1.807) is 35.2 Å². The summed E-state index contributed by atoms with van der Waals surface area (Å²) in [4.78, 5) is 28.8. The number of nitrogens with one attached hydrogen (secondary N) is 1. The smallest absolute Gasteiger partial charge is 0.251 e. The first-order valence-electron chi connectivity index (χ1n) is 10.1. The largest absolute Gasteiger partial charge is 0.492 e. The van der Waals surface area contributed by atoms with Crippen LogP contribution in [-0.2, 0) is 4.79 Å². The number of hydrogen-bond donors (Lipinski definition) is 1. The van der Waals surface area contributed by atoms with Crippen molar-refractivity contribution in [3.05, 3.63) is 53.1 Å². The number of fused-ring (bicyclic) bond motifs is 1. The van der Waals surface area contributed by atoms with E-state index in [-0.39, 0.29) is 25.2 Å². The Kier molecular flexibility index (Phi) is 6.79. The first kappa shape index (κ1) is 21.3. The van der Waals surface area contributed by atoms with E-state index in [2.05, 4.69) is 10.2 Å².